The van der Waals surface area contributed by atoms with Crippen LogP contribution in [-0.4, -0.2) is 9.97 Å². The standard InChI is InChI=1S/C58H35N3S2/c1-2-8-39-33-40(14-13-36(39)7-1)41-21-27-47-42(34-41)15-16-43-35-46(26-28-48(43)47)61(44-22-17-37(18-23-44)57-55-49-9-3-5-11-51(49)62-53(55)29-31-59-57)45-24-19-38(20-25-45)58-56-50-10-4-6-12-52(50)63-54(56)30-32-60-58/h1-35H. The van der Waals surface area contributed by atoms with Gasteiger partial charge in [0.15, 0.2) is 0 Å². The van der Waals surface area contributed by atoms with Crippen LogP contribution in [0.1, 0.15) is 0 Å². The summed E-state index contributed by atoms with van der Waals surface area (Å²) < 4.78 is 5.06. The van der Waals surface area contributed by atoms with Crippen LogP contribution in [0, 0.1) is 0 Å². The second-order valence-corrected chi connectivity index (χ2v) is 18.3. The number of hydrogen-bond donors (Lipinski definition) is 0. The van der Waals surface area contributed by atoms with Gasteiger partial charge in [0.2, 0.25) is 0 Å². The van der Waals surface area contributed by atoms with E-state index in [-0.39, 0.29) is 0 Å². The van der Waals surface area contributed by atoms with Crippen LogP contribution in [0.25, 0.3) is 106 Å². The van der Waals surface area contributed by atoms with Gasteiger partial charge >= 0.3 is 0 Å². The van der Waals surface area contributed by atoms with Crippen molar-refractivity contribution in [3.8, 4) is 33.6 Å². The average Bonchev–Trinajstić information content (AvgIpc) is 3.93. The first-order valence-electron chi connectivity index (χ1n) is 21.2. The Labute approximate surface area is 371 Å². The van der Waals surface area contributed by atoms with Crippen molar-refractivity contribution in [3.05, 3.63) is 213 Å². The number of rotatable bonds is 6. The zero-order chi connectivity index (χ0) is 41.4. The summed E-state index contributed by atoms with van der Waals surface area (Å²) in [6, 6.07) is 72.9. The molecule has 0 aliphatic rings. The minimum absolute atomic E-state index is 1.01. The summed E-state index contributed by atoms with van der Waals surface area (Å²) in [5, 5.41) is 12.3. The number of fused-ring (bicyclic) bond motifs is 10. The molecule has 3 nitrogen and oxygen atoms in total. The molecule has 13 rings (SSSR count). The molecule has 0 fully saturated rings. The average molecular weight is 838 g/mol. The number of benzene rings is 9. The fourth-order valence-corrected chi connectivity index (χ4v) is 11.7. The van der Waals surface area contributed by atoms with Gasteiger partial charge in [-0.05, 0) is 116 Å². The van der Waals surface area contributed by atoms with E-state index < -0.39 is 0 Å². The highest BCUT2D eigenvalue weighted by atomic mass is 32.1. The molecule has 0 amide bonds. The van der Waals surface area contributed by atoms with Gasteiger partial charge in [-0.3, -0.25) is 9.97 Å². The van der Waals surface area contributed by atoms with Crippen molar-refractivity contribution in [1.29, 1.82) is 0 Å². The predicted octanol–water partition coefficient (Wildman–Crippen LogP) is 17.1. The zero-order valence-corrected chi connectivity index (χ0v) is 35.5. The molecule has 63 heavy (non-hydrogen) atoms. The maximum Gasteiger partial charge on any atom is 0.0795 e. The third-order valence-electron chi connectivity index (χ3n) is 12.5. The van der Waals surface area contributed by atoms with Gasteiger partial charge in [-0.25, -0.2) is 0 Å². The van der Waals surface area contributed by atoms with Crippen molar-refractivity contribution in [3.63, 3.8) is 0 Å². The van der Waals surface area contributed by atoms with E-state index in [4.69, 9.17) is 9.97 Å². The van der Waals surface area contributed by atoms with E-state index in [2.05, 4.69) is 205 Å². The second kappa shape index (κ2) is 14.5. The Bertz CT molecular complexity index is 3760. The first-order chi connectivity index (χ1) is 31.2. The molecule has 9 aromatic carbocycles. The molecule has 0 unspecified atom stereocenters. The molecule has 0 saturated heterocycles. The summed E-state index contributed by atoms with van der Waals surface area (Å²) in [5.41, 5.74) is 9.88. The quantitative estimate of drug-likeness (QED) is 0.156. The third kappa shape index (κ3) is 6.00. The highest BCUT2D eigenvalue weighted by molar-refractivity contribution is 7.26. The smallest absolute Gasteiger partial charge is 0.0795 e. The first kappa shape index (κ1) is 36.0. The summed E-state index contributed by atoms with van der Waals surface area (Å²) in [6.07, 6.45) is 3.87. The monoisotopic (exact) mass is 837 g/mol. The normalized spacial score (nSPS) is 11.8. The highest BCUT2D eigenvalue weighted by Crippen LogP contribution is 2.43. The van der Waals surface area contributed by atoms with E-state index in [0.717, 1.165) is 39.6 Å². The number of nitrogens with zero attached hydrogens (tertiary/aromatic N) is 3. The third-order valence-corrected chi connectivity index (χ3v) is 14.8. The summed E-state index contributed by atoms with van der Waals surface area (Å²) >= 11 is 3.65. The Morgan fingerprint density at radius 2 is 0.746 bits per heavy atom. The number of anilines is 3. The maximum absolute atomic E-state index is 4.95. The van der Waals surface area contributed by atoms with E-state index in [1.807, 2.05) is 35.1 Å². The van der Waals surface area contributed by atoms with Gasteiger partial charge in [0.1, 0.15) is 0 Å². The van der Waals surface area contributed by atoms with Crippen LogP contribution in [-0.2, 0) is 0 Å². The van der Waals surface area contributed by atoms with Crippen molar-refractivity contribution in [2.45, 2.75) is 0 Å². The minimum atomic E-state index is 1.01. The number of pyridine rings is 2. The minimum Gasteiger partial charge on any atom is -0.310 e. The summed E-state index contributed by atoms with van der Waals surface area (Å²) in [5.74, 6) is 0. The lowest BCUT2D eigenvalue weighted by atomic mass is 9.96. The van der Waals surface area contributed by atoms with Crippen LogP contribution < -0.4 is 4.90 Å². The van der Waals surface area contributed by atoms with E-state index in [0.29, 0.717) is 0 Å². The van der Waals surface area contributed by atoms with Crippen LogP contribution in [0.5, 0.6) is 0 Å². The molecule has 13 aromatic rings. The number of hydrogen-bond acceptors (Lipinski definition) is 5. The van der Waals surface area contributed by atoms with Gasteiger partial charge in [0.25, 0.3) is 0 Å². The second-order valence-electron chi connectivity index (χ2n) is 16.2. The molecule has 5 heteroatoms. The topological polar surface area (TPSA) is 29.0 Å². The lowest BCUT2D eigenvalue weighted by Crippen LogP contribution is -2.10. The SMILES string of the molecule is c1ccc2cc(-c3ccc4c(ccc5cc(N(c6ccc(-c7nccc8sc9ccccc9c78)cc6)c6ccc(-c7nccc8sc9ccccc9c78)cc6)ccc54)c3)ccc2c1. The predicted molar refractivity (Wildman–Crippen MR) is 271 cm³/mol. The van der Waals surface area contributed by atoms with Crippen molar-refractivity contribution >= 4 is 112 Å². The van der Waals surface area contributed by atoms with Gasteiger partial charge in [0.05, 0.1) is 11.4 Å². The lowest BCUT2D eigenvalue weighted by molar-refractivity contribution is 1.28. The molecule has 0 atom stereocenters. The van der Waals surface area contributed by atoms with E-state index in [1.165, 1.54) is 83.8 Å². The zero-order valence-electron chi connectivity index (χ0n) is 33.9. The summed E-state index contributed by atoms with van der Waals surface area (Å²) in [6.45, 7) is 0. The van der Waals surface area contributed by atoms with Gasteiger partial charge < -0.3 is 4.90 Å². The van der Waals surface area contributed by atoms with Crippen LogP contribution in [0.15, 0.2) is 213 Å². The fourth-order valence-electron chi connectivity index (χ4n) is 9.51. The Morgan fingerprint density at radius 1 is 0.302 bits per heavy atom. The van der Waals surface area contributed by atoms with Gasteiger partial charge in [-0.15, -0.1) is 22.7 Å². The molecule has 0 bridgehead atoms. The van der Waals surface area contributed by atoms with Crippen molar-refractivity contribution in [1.82, 2.24) is 9.97 Å². The van der Waals surface area contributed by atoms with Crippen molar-refractivity contribution < 1.29 is 0 Å². The van der Waals surface area contributed by atoms with E-state index >= 15 is 0 Å². The van der Waals surface area contributed by atoms with E-state index in [1.54, 1.807) is 0 Å². The first-order valence-corrected chi connectivity index (χ1v) is 22.8. The molecule has 0 aliphatic carbocycles. The maximum atomic E-state index is 4.95. The van der Waals surface area contributed by atoms with Crippen LogP contribution in [0.4, 0.5) is 17.1 Å². The molecule has 0 N–H and O–H groups in total. The Hall–Kier alpha value is -7.70. The fraction of sp³-hybridized carbons (Fsp3) is 0. The summed E-state index contributed by atoms with van der Waals surface area (Å²) in [7, 11) is 0. The Balaban J connectivity index is 0.919. The largest absolute Gasteiger partial charge is 0.310 e. The number of thiophene rings is 2. The van der Waals surface area contributed by atoms with Crippen molar-refractivity contribution in [2.75, 3.05) is 4.90 Å². The Kier molecular flexibility index (Phi) is 8.26. The van der Waals surface area contributed by atoms with Crippen molar-refractivity contribution in [2.24, 2.45) is 0 Å². The van der Waals surface area contributed by atoms with Gasteiger partial charge in [-0.1, -0.05) is 127 Å². The van der Waals surface area contributed by atoms with Crippen LogP contribution in [0.3, 0.4) is 0 Å². The van der Waals surface area contributed by atoms with Crippen LogP contribution in [0.2, 0.25) is 0 Å². The summed E-state index contributed by atoms with van der Waals surface area (Å²) in [4.78, 5) is 12.3. The highest BCUT2D eigenvalue weighted by Gasteiger charge is 2.18. The van der Waals surface area contributed by atoms with Crippen LogP contribution >= 0.6 is 22.7 Å². The lowest BCUT2D eigenvalue weighted by Gasteiger charge is -2.26. The molecule has 4 heterocycles. The molecular weight excluding hydrogens is 803 g/mol. The molecule has 294 valence electrons. The molecule has 4 aromatic heterocycles. The number of aromatic nitrogens is 2. The molecular formula is C58H35N3S2. The molecule has 0 aliphatic heterocycles. The van der Waals surface area contributed by atoms with Gasteiger partial charge in [0, 0.05) is 80.9 Å². The molecule has 0 radical (unpaired) electrons. The van der Waals surface area contributed by atoms with Gasteiger partial charge in [-0.2, -0.15) is 0 Å². The van der Waals surface area contributed by atoms with E-state index in [9.17, 15) is 0 Å². The molecule has 0 spiro atoms. The Morgan fingerprint density at radius 3 is 1.35 bits per heavy atom. The molecule has 0 saturated carbocycles.